The smallest absolute Gasteiger partial charge is 0.192 e. The van der Waals surface area contributed by atoms with Crippen LogP contribution in [-0.2, 0) is 13.9 Å². The van der Waals surface area contributed by atoms with E-state index < -0.39 is 16.4 Å². The summed E-state index contributed by atoms with van der Waals surface area (Å²) in [6, 6.07) is 1.14. The third kappa shape index (κ3) is 12.1. The fourth-order valence-electron chi connectivity index (χ4n) is 3.87. The van der Waals surface area contributed by atoms with Crippen LogP contribution >= 0.6 is 0 Å². The maximum Gasteiger partial charge on any atom is 0.192 e. The van der Waals surface area contributed by atoms with E-state index >= 15 is 0 Å². The molecule has 0 aromatic carbocycles. The average molecular weight is 513 g/mol. The van der Waals surface area contributed by atoms with E-state index in [1.807, 2.05) is 6.08 Å². The first kappa shape index (κ1) is 31.8. The SMILES string of the molecule is C=CC[C@H](O)[C@@H]1C[C@H]1[C@@H](C=C[C@@H](CCCCC)O[Si](C)(C)C(C)(C)C)OCOCC[Si](C)(C)C. The summed E-state index contributed by atoms with van der Waals surface area (Å²) in [7, 11) is -2.99. The van der Waals surface area contributed by atoms with Crippen LogP contribution in [0.3, 0.4) is 0 Å². The summed E-state index contributed by atoms with van der Waals surface area (Å²) < 4.78 is 18.9. The minimum absolute atomic E-state index is 0.0481. The molecule has 0 amide bonds. The Hall–Kier alpha value is -0.246. The molecule has 0 heterocycles. The van der Waals surface area contributed by atoms with Crippen molar-refractivity contribution in [2.45, 2.75) is 128 Å². The second-order valence-corrected chi connectivity index (χ2v) is 23.3. The van der Waals surface area contributed by atoms with Gasteiger partial charge in [0.25, 0.3) is 0 Å². The molecule has 0 aliphatic heterocycles. The van der Waals surface area contributed by atoms with E-state index in [0.717, 1.165) is 25.5 Å². The molecule has 1 fully saturated rings. The van der Waals surface area contributed by atoms with E-state index in [9.17, 15) is 5.11 Å². The normalized spacial score (nSPS) is 22.1. The van der Waals surface area contributed by atoms with Crippen molar-refractivity contribution < 1.29 is 19.0 Å². The molecule has 1 rings (SSSR count). The van der Waals surface area contributed by atoms with Crippen molar-refractivity contribution in [3.05, 3.63) is 24.8 Å². The minimum Gasteiger partial charge on any atom is -0.411 e. The maximum atomic E-state index is 10.5. The van der Waals surface area contributed by atoms with Gasteiger partial charge in [-0.15, -0.1) is 6.58 Å². The molecule has 0 aromatic heterocycles. The monoisotopic (exact) mass is 512 g/mol. The molecule has 0 aromatic rings. The van der Waals surface area contributed by atoms with Gasteiger partial charge in [-0.05, 0) is 55.3 Å². The van der Waals surface area contributed by atoms with Gasteiger partial charge < -0.3 is 19.0 Å². The number of unbranched alkanes of at least 4 members (excludes halogenated alkanes) is 2. The lowest BCUT2D eigenvalue weighted by molar-refractivity contribution is -0.0804. The van der Waals surface area contributed by atoms with E-state index in [1.165, 1.54) is 19.3 Å². The highest BCUT2D eigenvalue weighted by Crippen LogP contribution is 2.46. The van der Waals surface area contributed by atoms with Gasteiger partial charge in [0.1, 0.15) is 6.79 Å². The molecule has 4 nitrogen and oxygen atoms in total. The largest absolute Gasteiger partial charge is 0.411 e. The van der Waals surface area contributed by atoms with Crippen molar-refractivity contribution in [1.82, 2.24) is 0 Å². The Morgan fingerprint density at radius 2 is 1.74 bits per heavy atom. The zero-order valence-corrected chi connectivity index (χ0v) is 25.9. The molecule has 5 atom stereocenters. The fraction of sp³-hybridized carbons (Fsp3) is 0.857. The Morgan fingerprint density at radius 1 is 1.06 bits per heavy atom. The molecular weight excluding hydrogens is 456 g/mol. The van der Waals surface area contributed by atoms with Gasteiger partial charge in [-0.1, -0.05) is 84.8 Å². The van der Waals surface area contributed by atoms with Crippen molar-refractivity contribution in [3.63, 3.8) is 0 Å². The van der Waals surface area contributed by atoms with Gasteiger partial charge >= 0.3 is 0 Å². The number of hydrogen-bond acceptors (Lipinski definition) is 4. The van der Waals surface area contributed by atoms with E-state index in [-0.39, 0.29) is 29.3 Å². The Bertz CT molecular complexity index is 607. The molecule has 200 valence electrons. The van der Waals surface area contributed by atoms with Gasteiger partial charge in [0.15, 0.2) is 8.32 Å². The predicted octanol–water partition coefficient (Wildman–Crippen LogP) is 7.78. The van der Waals surface area contributed by atoms with Crippen LogP contribution in [0.1, 0.15) is 66.2 Å². The Morgan fingerprint density at radius 3 is 2.29 bits per heavy atom. The molecule has 0 unspecified atom stereocenters. The van der Waals surface area contributed by atoms with Crippen LogP contribution in [-0.4, -0.2) is 53.2 Å². The Kier molecular flexibility index (Phi) is 13.5. The lowest BCUT2D eigenvalue weighted by atomic mass is 10.1. The summed E-state index contributed by atoms with van der Waals surface area (Å²) >= 11 is 0. The second-order valence-electron chi connectivity index (χ2n) is 12.9. The summed E-state index contributed by atoms with van der Waals surface area (Å²) in [4.78, 5) is 0. The highest BCUT2D eigenvalue weighted by Gasteiger charge is 2.46. The molecular formula is C28H56O4Si2. The minimum atomic E-state index is -1.87. The Labute approximate surface area is 213 Å². The van der Waals surface area contributed by atoms with Gasteiger partial charge in [-0.3, -0.25) is 0 Å². The molecule has 0 spiro atoms. The van der Waals surface area contributed by atoms with Crippen LogP contribution in [0.25, 0.3) is 0 Å². The zero-order chi connectivity index (χ0) is 26.0. The highest BCUT2D eigenvalue weighted by atomic mass is 28.4. The van der Waals surface area contributed by atoms with E-state index in [1.54, 1.807) is 0 Å². The average Bonchev–Trinajstić information content (AvgIpc) is 3.49. The summed E-state index contributed by atoms with van der Waals surface area (Å²) in [6.07, 6.45) is 12.3. The zero-order valence-electron chi connectivity index (χ0n) is 23.9. The maximum absolute atomic E-state index is 10.5. The standard InChI is InChI=1S/C28H56O4Si2/c1-11-13-14-16-23(32-34(9,10)28(3,4)5)17-18-27(25-21-24(25)26(29)15-12-2)31-22-30-19-20-33(6,7)8/h12,17-18,23-27,29H,2,11,13-16,19-22H2,1,3-10H3/t23-,24-,25-,26+,27-/m1/s1. The predicted molar refractivity (Wildman–Crippen MR) is 152 cm³/mol. The number of aliphatic hydroxyl groups is 1. The molecule has 1 aliphatic rings. The molecule has 0 radical (unpaired) electrons. The molecule has 0 bridgehead atoms. The van der Waals surface area contributed by atoms with Crippen molar-refractivity contribution in [2.75, 3.05) is 13.4 Å². The molecule has 1 N–H and O–H groups in total. The first-order valence-electron chi connectivity index (χ1n) is 13.6. The summed E-state index contributed by atoms with van der Waals surface area (Å²) in [5.41, 5.74) is 0. The molecule has 34 heavy (non-hydrogen) atoms. The number of ether oxygens (including phenoxy) is 2. The number of aliphatic hydroxyl groups excluding tert-OH is 1. The third-order valence-electron chi connectivity index (χ3n) is 7.42. The number of rotatable bonds is 18. The van der Waals surface area contributed by atoms with E-state index in [4.69, 9.17) is 13.9 Å². The van der Waals surface area contributed by atoms with Gasteiger partial charge in [-0.25, -0.2) is 0 Å². The van der Waals surface area contributed by atoms with Crippen LogP contribution in [0.4, 0.5) is 0 Å². The Balaban J connectivity index is 2.87. The lowest BCUT2D eigenvalue weighted by Gasteiger charge is -2.38. The van der Waals surface area contributed by atoms with Crippen molar-refractivity contribution in [3.8, 4) is 0 Å². The van der Waals surface area contributed by atoms with Crippen LogP contribution in [0.15, 0.2) is 24.8 Å². The molecule has 0 saturated heterocycles. The summed E-state index contributed by atoms with van der Waals surface area (Å²) in [5, 5.41) is 10.7. The number of hydrogen-bond donors (Lipinski definition) is 1. The summed E-state index contributed by atoms with van der Waals surface area (Å²) in [6.45, 7) is 25.7. The topological polar surface area (TPSA) is 47.9 Å². The first-order chi connectivity index (χ1) is 15.7. The molecule has 1 saturated carbocycles. The van der Waals surface area contributed by atoms with Crippen LogP contribution in [0.2, 0.25) is 43.8 Å². The third-order valence-corrected chi connectivity index (χ3v) is 13.6. The molecule has 1 aliphatic carbocycles. The fourth-order valence-corrected chi connectivity index (χ4v) is 5.93. The van der Waals surface area contributed by atoms with Gasteiger partial charge in [0.2, 0.25) is 0 Å². The van der Waals surface area contributed by atoms with Gasteiger partial charge in [-0.2, -0.15) is 0 Å². The van der Waals surface area contributed by atoms with Gasteiger partial charge in [0, 0.05) is 14.7 Å². The lowest BCUT2D eigenvalue weighted by Crippen LogP contribution is -2.43. The van der Waals surface area contributed by atoms with Crippen LogP contribution in [0.5, 0.6) is 0 Å². The van der Waals surface area contributed by atoms with E-state index in [0.29, 0.717) is 19.1 Å². The quantitative estimate of drug-likeness (QED) is 0.0881. The summed E-state index contributed by atoms with van der Waals surface area (Å²) in [5.74, 6) is 0.602. The van der Waals surface area contributed by atoms with Crippen molar-refractivity contribution >= 4 is 16.4 Å². The van der Waals surface area contributed by atoms with Crippen LogP contribution < -0.4 is 0 Å². The van der Waals surface area contributed by atoms with E-state index in [2.05, 4.69) is 79.2 Å². The second kappa shape index (κ2) is 14.5. The van der Waals surface area contributed by atoms with Crippen molar-refractivity contribution in [2.24, 2.45) is 11.8 Å². The molecule has 6 heteroatoms. The van der Waals surface area contributed by atoms with Gasteiger partial charge in [0.05, 0.1) is 18.3 Å². The van der Waals surface area contributed by atoms with Crippen molar-refractivity contribution in [1.29, 1.82) is 0 Å². The first-order valence-corrected chi connectivity index (χ1v) is 20.2. The van der Waals surface area contributed by atoms with Crippen LogP contribution in [0, 0.1) is 11.8 Å². The highest BCUT2D eigenvalue weighted by molar-refractivity contribution is 6.76.